The second-order valence-corrected chi connectivity index (χ2v) is 8.62. The summed E-state index contributed by atoms with van der Waals surface area (Å²) >= 11 is 0. The molecule has 0 aromatic heterocycles. The summed E-state index contributed by atoms with van der Waals surface area (Å²) in [6, 6.07) is 22.8. The highest BCUT2D eigenvalue weighted by Crippen LogP contribution is 2.28. The van der Waals surface area contributed by atoms with E-state index in [0.717, 1.165) is 11.1 Å². The zero-order chi connectivity index (χ0) is 20.1. The van der Waals surface area contributed by atoms with Crippen molar-refractivity contribution >= 4 is 21.4 Å². The molecule has 0 fully saturated rings. The minimum atomic E-state index is -3.34. The smallest absolute Gasteiger partial charge is 0.241 e. The highest BCUT2D eigenvalue weighted by atomic mass is 32.2. The van der Waals surface area contributed by atoms with Crippen molar-refractivity contribution in [2.45, 2.75) is 17.4 Å². The summed E-state index contributed by atoms with van der Waals surface area (Å²) in [4.78, 5) is 12.6. The monoisotopic (exact) mass is 394 g/mol. The summed E-state index contributed by atoms with van der Waals surface area (Å²) < 4.78 is 24.0. The minimum Gasteiger partial charge on any atom is -0.325 e. The first kappa shape index (κ1) is 19.8. The summed E-state index contributed by atoms with van der Waals surface area (Å²) in [6.07, 6.45) is 1.64. The van der Waals surface area contributed by atoms with Crippen LogP contribution in [0.15, 0.2) is 83.8 Å². The molecule has 6 heteroatoms. The first-order valence-electron chi connectivity index (χ1n) is 8.84. The first-order chi connectivity index (χ1) is 13.3. The Balaban J connectivity index is 1.72. The number of nitrogens with two attached hydrogens (primary N) is 1. The molecule has 28 heavy (non-hydrogen) atoms. The lowest BCUT2D eigenvalue weighted by Crippen LogP contribution is -2.37. The maximum Gasteiger partial charge on any atom is 0.241 e. The lowest BCUT2D eigenvalue weighted by Gasteiger charge is -2.13. The predicted molar refractivity (Wildman–Crippen MR) is 112 cm³/mol. The molecule has 0 saturated carbocycles. The number of nitrogens with one attached hydrogen (secondary N) is 1. The Morgan fingerprint density at radius 3 is 2.18 bits per heavy atom. The Morgan fingerprint density at radius 2 is 1.54 bits per heavy atom. The fourth-order valence-electron chi connectivity index (χ4n) is 2.96. The highest BCUT2D eigenvalue weighted by Gasteiger charge is 2.16. The van der Waals surface area contributed by atoms with Crippen molar-refractivity contribution < 1.29 is 13.2 Å². The summed E-state index contributed by atoms with van der Waals surface area (Å²) in [5.41, 5.74) is 9.00. The van der Waals surface area contributed by atoms with Gasteiger partial charge in [0.25, 0.3) is 0 Å². The summed E-state index contributed by atoms with van der Waals surface area (Å²) in [7, 11) is -3.34. The van der Waals surface area contributed by atoms with E-state index < -0.39 is 15.9 Å². The molecule has 3 N–H and O–H groups in total. The molecule has 0 radical (unpaired) electrons. The molecular weight excluding hydrogens is 372 g/mol. The molecule has 1 atom stereocenters. The van der Waals surface area contributed by atoms with E-state index in [0.29, 0.717) is 17.7 Å². The number of carbonyl (C=O) groups is 1. The van der Waals surface area contributed by atoms with Crippen LogP contribution < -0.4 is 11.1 Å². The van der Waals surface area contributed by atoms with E-state index in [9.17, 15) is 13.2 Å². The van der Waals surface area contributed by atoms with Crippen molar-refractivity contribution in [1.82, 2.24) is 0 Å². The summed E-state index contributed by atoms with van der Waals surface area (Å²) in [5.74, 6) is -0.270. The molecule has 144 valence electrons. The molecule has 1 amide bonds. The number of hydrogen-bond acceptors (Lipinski definition) is 4. The van der Waals surface area contributed by atoms with E-state index >= 15 is 0 Å². The third kappa shape index (κ3) is 4.85. The lowest BCUT2D eigenvalue weighted by atomic mass is 10.0. The van der Waals surface area contributed by atoms with Crippen LogP contribution in [0.1, 0.15) is 5.56 Å². The molecule has 0 saturated heterocycles. The largest absolute Gasteiger partial charge is 0.325 e. The fraction of sp³-hybridized carbons (Fsp3) is 0.136. The van der Waals surface area contributed by atoms with Gasteiger partial charge in [0.15, 0.2) is 9.84 Å². The maximum atomic E-state index is 12.3. The number of sulfone groups is 1. The van der Waals surface area contributed by atoms with Gasteiger partial charge in [-0.25, -0.2) is 8.42 Å². The maximum absolute atomic E-state index is 12.3. The van der Waals surface area contributed by atoms with Gasteiger partial charge in [-0.3, -0.25) is 4.79 Å². The van der Waals surface area contributed by atoms with Crippen molar-refractivity contribution in [2.24, 2.45) is 5.73 Å². The molecule has 0 spiro atoms. The van der Waals surface area contributed by atoms with Crippen LogP contribution in [-0.2, 0) is 21.1 Å². The van der Waals surface area contributed by atoms with Crippen molar-refractivity contribution in [3.63, 3.8) is 0 Å². The SMILES string of the molecule is CS(=O)(=O)c1ccccc1-c1ccc(NC(=O)[C@H](N)Cc2ccccc2)cc1. The average Bonchev–Trinajstić information content (AvgIpc) is 2.68. The second-order valence-electron chi connectivity index (χ2n) is 6.63. The predicted octanol–water partition coefficient (Wildman–Crippen LogP) is 3.27. The van der Waals surface area contributed by atoms with Gasteiger partial charge in [-0.15, -0.1) is 0 Å². The third-order valence-electron chi connectivity index (χ3n) is 4.39. The normalized spacial score (nSPS) is 12.4. The summed E-state index contributed by atoms with van der Waals surface area (Å²) in [5, 5.41) is 2.80. The Bertz CT molecular complexity index is 1060. The van der Waals surface area contributed by atoms with Gasteiger partial charge in [0.05, 0.1) is 10.9 Å². The van der Waals surface area contributed by atoms with Crippen molar-refractivity contribution in [2.75, 3.05) is 11.6 Å². The van der Waals surface area contributed by atoms with Crippen molar-refractivity contribution in [3.8, 4) is 11.1 Å². The third-order valence-corrected chi connectivity index (χ3v) is 5.54. The molecular formula is C22H22N2O3S. The van der Waals surface area contributed by atoms with Crippen LogP contribution in [0.4, 0.5) is 5.69 Å². The van der Waals surface area contributed by atoms with Gasteiger partial charge in [0.1, 0.15) is 0 Å². The summed E-state index contributed by atoms with van der Waals surface area (Å²) in [6.45, 7) is 0. The molecule has 5 nitrogen and oxygen atoms in total. The Labute approximate surface area is 165 Å². The van der Waals surface area contributed by atoms with E-state index in [4.69, 9.17) is 5.73 Å². The molecule has 0 aliphatic carbocycles. The molecule has 3 aromatic carbocycles. The molecule has 0 aliphatic rings. The van der Waals surface area contributed by atoms with Crippen molar-refractivity contribution in [1.29, 1.82) is 0 Å². The molecule has 0 bridgehead atoms. The van der Waals surface area contributed by atoms with Crippen LogP contribution in [-0.4, -0.2) is 26.6 Å². The van der Waals surface area contributed by atoms with Gasteiger partial charge < -0.3 is 11.1 Å². The lowest BCUT2D eigenvalue weighted by molar-refractivity contribution is -0.117. The van der Waals surface area contributed by atoms with Gasteiger partial charge in [0, 0.05) is 17.5 Å². The quantitative estimate of drug-likeness (QED) is 0.671. The fourth-order valence-corrected chi connectivity index (χ4v) is 3.87. The van der Waals surface area contributed by atoms with Gasteiger partial charge >= 0.3 is 0 Å². The molecule has 3 aromatic rings. The van der Waals surface area contributed by atoms with Crippen LogP contribution in [0, 0.1) is 0 Å². The minimum absolute atomic E-state index is 0.270. The Kier molecular flexibility index (Phi) is 5.92. The number of benzene rings is 3. The van der Waals surface area contributed by atoms with Crippen LogP contribution >= 0.6 is 0 Å². The van der Waals surface area contributed by atoms with Crippen LogP contribution in [0.2, 0.25) is 0 Å². The topological polar surface area (TPSA) is 89.3 Å². The van der Waals surface area contributed by atoms with E-state index in [2.05, 4.69) is 5.32 Å². The molecule has 0 unspecified atom stereocenters. The number of rotatable bonds is 6. The van der Waals surface area contributed by atoms with Gasteiger partial charge in [-0.05, 0) is 35.7 Å². The van der Waals surface area contributed by atoms with Crippen molar-refractivity contribution in [3.05, 3.63) is 84.4 Å². The number of hydrogen-bond donors (Lipinski definition) is 2. The standard InChI is InChI=1S/C22H22N2O3S/c1-28(26,27)21-10-6-5-9-19(21)17-11-13-18(14-12-17)24-22(25)20(23)15-16-7-3-2-4-8-16/h2-14,20H,15,23H2,1H3,(H,24,25)/t20-/m1/s1. The zero-order valence-electron chi connectivity index (χ0n) is 15.5. The highest BCUT2D eigenvalue weighted by molar-refractivity contribution is 7.90. The van der Waals surface area contributed by atoms with E-state index in [1.807, 2.05) is 30.3 Å². The van der Waals surface area contributed by atoms with Crippen LogP contribution in [0.5, 0.6) is 0 Å². The van der Waals surface area contributed by atoms with Gasteiger partial charge in [0.2, 0.25) is 5.91 Å². The first-order valence-corrected chi connectivity index (χ1v) is 10.7. The molecule has 0 heterocycles. The molecule has 0 aliphatic heterocycles. The van der Waals surface area contributed by atoms with E-state index in [-0.39, 0.29) is 10.8 Å². The van der Waals surface area contributed by atoms with Crippen LogP contribution in [0.25, 0.3) is 11.1 Å². The number of anilines is 1. The number of amides is 1. The van der Waals surface area contributed by atoms with Gasteiger partial charge in [-0.1, -0.05) is 60.7 Å². The van der Waals surface area contributed by atoms with E-state index in [1.165, 1.54) is 6.26 Å². The van der Waals surface area contributed by atoms with Gasteiger partial charge in [-0.2, -0.15) is 0 Å². The Morgan fingerprint density at radius 1 is 0.929 bits per heavy atom. The second kappa shape index (κ2) is 8.37. The van der Waals surface area contributed by atoms with E-state index in [1.54, 1.807) is 48.5 Å². The van der Waals surface area contributed by atoms with Crippen LogP contribution in [0.3, 0.4) is 0 Å². The molecule has 3 rings (SSSR count). The zero-order valence-corrected chi connectivity index (χ0v) is 16.3. The average molecular weight is 394 g/mol. The Hall–Kier alpha value is -2.96. The number of carbonyl (C=O) groups excluding carboxylic acids is 1.